The summed E-state index contributed by atoms with van der Waals surface area (Å²) in [6.07, 6.45) is 6.45. The number of aromatic nitrogens is 1. The summed E-state index contributed by atoms with van der Waals surface area (Å²) in [5.74, 6) is -0.282. The van der Waals surface area contributed by atoms with Crippen LogP contribution in [0.25, 0.3) is 6.08 Å². The van der Waals surface area contributed by atoms with Gasteiger partial charge in [0.15, 0.2) is 5.11 Å². The number of nitrogens with zero attached hydrogens (tertiary/aromatic N) is 1. The summed E-state index contributed by atoms with van der Waals surface area (Å²) < 4.78 is 0. The van der Waals surface area contributed by atoms with E-state index >= 15 is 0 Å². The standard InChI is InChI=1S/C15H13N3OS/c19-14(9-8-12-5-2-1-3-6-12)18-15(20)17-13-7-4-10-16-11-13/h1-11H,(H2,17,18,19,20)/b9-8+. The number of benzene rings is 1. The maximum absolute atomic E-state index is 11.7. The molecular formula is C15H13N3OS. The molecule has 0 radical (unpaired) electrons. The molecule has 20 heavy (non-hydrogen) atoms. The molecule has 0 aliphatic carbocycles. The monoisotopic (exact) mass is 283 g/mol. The van der Waals surface area contributed by atoms with Crippen LogP contribution in [0.15, 0.2) is 60.9 Å². The molecule has 0 saturated heterocycles. The second-order valence-corrected chi connectivity index (χ2v) is 4.34. The van der Waals surface area contributed by atoms with Gasteiger partial charge < -0.3 is 5.32 Å². The normalized spacial score (nSPS) is 10.2. The molecule has 2 N–H and O–H groups in total. The highest BCUT2D eigenvalue weighted by atomic mass is 32.1. The number of hydrogen-bond acceptors (Lipinski definition) is 3. The Kier molecular flexibility index (Phi) is 4.97. The van der Waals surface area contributed by atoms with Crippen molar-refractivity contribution in [2.45, 2.75) is 0 Å². The fourth-order valence-electron chi connectivity index (χ4n) is 1.49. The van der Waals surface area contributed by atoms with Gasteiger partial charge in [0.25, 0.3) is 0 Å². The third-order valence-electron chi connectivity index (χ3n) is 2.38. The average Bonchev–Trinajstić information content (AvgIpc) is 2.47. The second-order valence-electron chi connectivity index (χ2n) is 3.93. The topological polar surface area (TPSA) is 54.0 Å². The van der Waals surface area contributed by atoms with E-state index in [-0.39, 0.29) is 11.0 Å². The number of rotatable bonds is 3. The Hall–Kier alpha value is -2.53. The van der Waals surface area contributed by atoms with Crippen molar-refractivity contribution in [1.82, 2.24) is 10.3 Å². The average molecular weight is 283 g/mol. The Labute approximate surface area is 122 Å². The Morgan fingerprint density at radius 3 is 2.65 bits per heavy atom. The number of thiocarbonyl (C=S) groups is 1. The van der Waals surface area contributed by atoms with Gasteiger partial charge in [-0.05, 0) is 36.0 Å². The molecule has 100 valence electrons. The van der Waals surface area contributed by atoms with Crippen LogP contribution < -0.4 is 10.6 Å². The minimum absolute atomic E-state index is 0.237. The fourth-order valence-corrected chi connectivity index (χ4v) is 1.71. The van der Waals surface area contributed by atoms with Gasteiger partial charge in [-0.25, -0.2) is 0 Å². The summed E-state index contributed by atoms with van der Waals surface area (Å²) in [4.78, 5) is 15.6. The van der Waals surface area contributed by atoms with E-state index in [1.165, 1.54) is 6.08 Å². The molecule has 5 heteroatoms. The van der Waals surface area contributed by atoms with E-state index in [9.17, 15) is 4.79 Å². The first-order chi connectivity index (χ1) is 9.74. The second kappa shape index (κ2) is 7.16. The number of anilines is 1. The lowest BCUT2D eigenvalue weighted by Gasteiger charge is -2.07. The van der Waals surface area contributed by atoms with Gasteiger partial charge >= 0.3 is 0 Å². The van der Waals surface area contributed by atoms with Gasteiger partial charge in [0.2, 0.25) is 5.91 Å². The zero-order valence-corrected chi connectivity index (χ0v) is 11.4. The molecule has 0 spiro atoms. The molecule has 0 unspecified atom stereocenters. The molecule has 1 aromatic heterocycles. The number of carbonyl (C=O) groups excluding carboxylic acids is 1. The molecular weight excluding hydrogens is 270 g/mol. The van der Waals surface area contributed by atoms with Crippen LogP contribution in [0.1, 0.15) is 5.56 Å². The van der Waals surface area contributed by atoms with Gasteiger partial charge in [-0.2, -0.15) is 0 Å². The summed E-state index contributed by atoms with van der Waals surface area (Å²) in [6.45, 7) is 0. The Bertz CT molecular complexity index is 612. The number of nitrogens with one attached hydrogen (secondary N) is 2. The number of hydrogen-bond donors (Lipinski definition) is 2. The fraction of sp³-hybridized carbons (Fsp3) is 0. The molecule has 4 nitrogen and oxygen atoms in total. The first-order valence-electron chi connectivity index (χ1n) is 5.99. The number of pyridine rings is 1. The first kappa shape index (κ1) is 13.9. The van der Waals surface area contributed by atoms with Crippen molar-refractivity contribution in [3.8, 4) is 0 Å². The third kappa shape index (κ3) is 4.62. The van der Waals surface area contributed by atoms with E-state index < -0.39 is 0 Å². The van der Waals surface area contributed by atoms with Crippen molar-refractivity contribution in [2.24, 2.45) is 0 Å². The molecule has 2 aromatic rings. The SMILES string of the molecule is O=C(/C=C/c1ccccc1)NC(=S)Nc1cccnc1. The molecule has 1 aromatic carbocycles. The van der Waals surface area contributed by atoms with Crippen LogP contribution in [-0.2, 0) is 4.79 Å². The van der Waals surface area contributed by atoms with Crippen LogP contribution in [0, 0.1) is 0 Å². The molecule has 1 heterocycles. The lowest BCUT2D eigenvalue weighted by molar-refractivity contribution is -0.115. The van der Waals surface area contributed by atoms with Gasteiger partial charge in [0, 0.05) is 12.3 Å². The minimum Gasteiger partial charge on any atom is -0.331 e. The van der Waals surface area contributed by atoms with Crippen LogP contribution >= 0.6 is 12.2 Å². The lowest BCUT2D eigenvalue weighted by Crippen LogP contribution is -2.32. The molecule has 0 fully saturated rings. The van der Waals surface area contributed by atoms with E-state index in [2.05, 4.69) is 15.6 Å². The highest BCUT2D eigenvalue weighted by molar-refractivity contribution is 7.80. The third-order valence-corrected chi connectivity index (χ3v) is 2.59. The Balaban J connectivity index is 1.85. The predicted molar refractivity (Wildman–Crippen MR) is 84.1 cm³/mol. The Morgan fingerprint density at radius 1 is 1.15 bits per heavy atom. The summed E-state index contributed by atoms with van der Waals surface area (Å²) in [7, 11) is 0. The highest BCUT2D eigenvalue weighted by Gasteiger charge is 2.01. The van der Waals surface area contributed by atoms with Crippen molar-refractivity contribution in [2.75, 3.05) is 5.32 Å². The summed E-state index contributed by atoms with van der Waals surface area (Å²) >= 11 is 5.04. The maximum Gasteiger partial charge on any atom is 0.250 e. The maximum atomic E-state index is 11.7. The van der Waals surface area contributed by atoms with E-state index in [4.69, 9.17) is 12.2 Å². The smallest absolute Gasteiger partial charge is 0.250 e. The van der Waals surface area contributed by atoms with Crippen LogP contribution in [-0.4, -0.2) is 16.0 Å². The molecule has 2 rings (SSSR count). The van der Waals surface area contributed by atoms with Gasteiger partial charge in [-0.15, -0.1) is 0 Å². The van der Waals surface area contributed by atoms with Gasteiger partial charge in [-0.1, -0.05) is 30.3 Å². The highest BCUT2D eigenvalue weighted by Crippen LogP contribution is 2.02. The van der Waals surface area contributed by atoms with Crippen molar-refractivity contribution < 1.29 is 4.79 Å². The van der Waals surface area contributed by atoms with Gasteiger partial charge in [0.05, 0.1) is 11.9 Å². The van der Waals surface area contributed by atoms with Crippen LogP contribution in [0.2, 0.25) is 0 Å². The van der Waals surface area contributed by atoms with E-state index in [0.29, 0.717) is 0 Å². The van der Waals surface area contributed by atoms with Crippen molar-refractivity contribution in [1.29, 1.82) is 0 Å². The molecule has 0 bridgehead atoms. The first-order valence-corrected chi connectivity index (χ1v) is 6.40. The van der Waals surface area contributed by atoms with Gasteiger partial charge in [0.1, 0.15) is 0 Å². The van der Waals surface area contributed by atoms with Crippen molar-refractivity contribution in [3.05, 3.63) is 66.5 Å². The van der Waals surface area contributed by atoms with E-state index in [1.54, 1.807) is 24.5 Å². The zero-order chi connectivity index (χ0) is 14.2. The Morgan fingerprint density at radius 2 is 1.95 bits per heavy atom. The van der Waals surface area contributed by atoms with E-state index in [1.807, 2.05) is 36.4 Å². The van der Waals surface area contributed by atoms with Crippen molar-refractivity contribution >= 4 is 35.0 Å². The quantitative estimate of drug-likeness (QED) is 0.671. The predicted octanol–water partition coefficient (Wildman–Crippen LogP) is 2.61. The number of carbonyl (C=O) groups is 1. The van der Waals surface area contributed by atoms with E-state index in [0.717, 1.165) is 11.3 Å². The molecule has 0 aliphatic rings. The largest absolute Gasteiger partial charge is 0.331 e. The molecule has 1 amide bonds. The lowest BCUT2D eigenvalue weighted by atomic mass is 10.2. The molecule has 0 atom stereocenters. The molecule has 0 aliphatic heterocycles. The minimum atomic E-state index is -0.282. The summed E-state index contributed by atoms with van der Waals surface area (Å²) in [6, 6.07) is 13.2. The molecule has 0 saturated carbocycles. The van der Waals surface area contributed by atoms with Crippen molar-refractivity contribution in [3.63, 3.8) is 0 Å². The number of amides is 1. The van der Waals surface area contributed by atoms with Gasteiger partial charge in [-0.3, -0.25) is 15.1 Å². The zero-order valence-electron chi connectivity index (χ0n) is 10.6. The van der Waals surface area contributed by atoms with Crippen LogP contribution in [0.3, 0.4) is 0 Å². The van der Waals surface area contributed by atoms with Crippen LogP contribution in [0.4, 0.5) is 5.69 Å². The summed E-state index contributed by atoms with van der Waals surface area (Å²) in [5, 5.41) is 5.68. The van der Waals surface area contributed by atoms with Crippen LogP contribution in [0.5, 0.6) is 0 Å². The summed E-state index contributed by atoms with van der Waals surface area (Å²) in [5.41, 5.74) is 1.68.